The van der Waals surface area contributed by atoms with Crippen molar-refractivity contribution in [1.82, 2.24) is 0 Å². The van der Waals surface area contributed by atoms with E-state index in [0.717, 1.165) is 22.4 Å². The van der Waals surface area contributed by atoms with E-state index in [1.807, 2.05) is 68.6 Å². The second kappa shape index (κ2) is 7.39. The lowest BCUT2D eigenvalue weighted by molar-refractivity contribution is 0.413. The fraction of sp³-hybridized carbons (Fsp3) is 0.182. The van der Waals surface area contributed by atoms with E-state index in [9.17, 15) is 0 Å². The van der Waals surface area contributed by atoms with Gasteiger partial charge in [-0.25, -0.2) is 4.39 Å². The van der Waals surface area contributed by atoms with E-state index in [-0.39, 0.29) is 5.82 Å². The molecule has 0 heterocycles. The molecule has 0 amide bonds. The highest BCUT2D eigenvalue weighted by Gasteiger charge is 2.16. The zero-order valence-electron chi connectivity index (χ0n) is 14.8. The summed E-state index contributed by atoms with van der Waals surface area (Å²) in [4.78, 5) is 0. The first-order chi connectivity index (χ1) is 12.1. The van der Waals surface area contributed by atoms with Gasteiger partial charge in [-0.2, -0.15) is 0 Å². The van der Waals surface area contributed by atoms with Crippen LogP contribution in [0.4, 0.5) is 10.1 Å². The number of halogens is 1. The molecule has 0 aliphatic rings. The third-order valence-electron chi connectivity index (χ3n) is 4.35. The molecule has 0 unspecified atom stereocenters. The van der Waals surface area contributed by atoms with E-state index >= 15 is 4.39 Å². The Bertz CT molecular complexity index is 872. The highest BCUT2D eigenvalue weighted by molar-refractivity contribution is 5.72. The topological polar surface area (TPSA) is 21.3 Å². The van der Waals surface area contributed by atoms with Crippen LogP contribution in [-0.4, -0.2) is 14.2 Å². The van der Waals surface area contributed by atoms with Gasteiger partial charge in [0, 0.05) is 19.2 Å². The monoisotopic (exact) mass is 335 g/mol. The molecule has 3 aromatic rings. The number of methoxy groups -OCH3 is 1. The Hall–Kier alpha value is -2.81. The molecule has 128 valence electrons. The van der Waals surface area contributed by atoms with Crippen LogP contribution in [0.2, 0.25) is 0 Å². The summed E-state index contributed by atoms with van der Waals surface area (Å²) in [5, 5.41) is 3.09. The molecule has 3 rings (SSSR count). The second-order valence-corrected chi connectivity index (χ2v) is 6.11. The smallest absolute Gasteiger partial charge is 0.138 e. The molecule has 2 nitrogen and oxygen atoms in total. The molecular formula is C22H22FNO. The van der Waals surface area contributed by atoms with Crippen molar-refractivity contribution in [1.29, 1.82) is 0 Å². The molecule has 0 radical (unpaired) electrons. The van der Waals surface area contributed by atoms with E-state index < -0.39 is 0 Å². The highest BCUT2D eigenvalue weighted by atomic mass is 19.1. The predicted octanol–water partition coefficient (Wildman–Crippen LogP) is 5.44. The van der Waals surface area contributed by atoms with E-state index in [1.165, 1.54) is 0 Å². The van der Waals surface area contributed by atoms with Crippen molar-refractivity contribution in [3.63, 3.8) is 0 Å². The SMILES string of the molecule is CNc1ccc(Cc2ccc(OC)c(-c3cccc(C)c3)c2F)cc1. The number of aryl methyl sites for hydroxylation is 1. The summed E-state index contributed by atoms with van der Waals surface area (Å²) in [5.74, 6) is 0.333. The first kappa shape index (κ1) is 17.0. The third-order valence-corrected chi connectivity index (χ3v) is 4.35. The van der Waals surface area contributed by atoms with Crippen LogP contribution in [0.1, 0.15) is 16.7 Å². The van der Waals surface area contributed by atoms with Crippen molar-refractivity contribution in [3.8, 4) is 16.9 Å². The Labute approximate surface area is 148 Å². The van der Waals surface area contributed by atoms with Crippen molar-refractivity contribution in [2.75, 3.05) is 19.5 Å². The molecule has 3 aromatic carbocycles. The maximum Gasteiger partial charge on any atom is 0.138 e. The molecule has 0 fully saturated rings. The Kier molecular flexibility index (Phi) is 5.03. The van der Waals surface area contributed by atoms with Gasteiger partial charge in [0.1, 0.15) is 11.6 Å². The van der Waals surface area contributed by atoms with E-state index in [2.05, 4.69) is 5.32 Å². The van der Waals surface area contributed by atoms with Crippen molar-refractivity contribution < 1.29 is 9.13 Å². The Morgan fingerprint density at radius 3 is 2.40 bits per heavy atom. The van der Waals surface area contributed by atoms with Gasteiger partial charge in [-0.3, -0.25) is 0 Å². The Morgan fingerprint density at radius 1 is 1.00 bits per heavy atom. The summed E-state index contributed by atoms with van der Waals surface area (Å²) in [6, 6.07) is 19.5. The van der Waals surface area contributed by atoms with Crippen LogP contribution in [0, 0.1) is 12.7 Å². The van der Waals surface area contributed by atoms with E-state index in [0.29, 0.717) is 23.3 Å². The summed E-state index contributed by atoms with van der Waals surface area (Å²) in [7, 11) is 3.45. The lowest BCUT2D eigenvalue weighted by Gasteiger charge is -2.14. The minimum absolute atomic E-state index is 0.220. The molecule has 0 spiro atoms. The second-order valence-electron chi connectivity index (χ2n) is 6.11. The minimum atomic E-state index is -0.220. The van der Waals surface area contributed by atoms with Gasteiger partial charge in [-0.05, 0) is 41.8 Å². The van der Waals surface area contributed by atoms with Crippen molar-refractivity contribution in [2.45, 2.75) is 13.3 Å². The van der Waals surface area contributed by atoms with Gasteiger partial charge in [-0.15, -0.1) is 0 Å². The van der Waals surface area contributed by atoms with Crippen LogP contribution in [0.15, 0.2) is 60.7 Å². The molecule has 0 aliphatic heterocycles. The van der Waals surface area contributed by atoms with Crippen LogP contribution in [-0.2, 0) is 6.42 Å². The standard InChI is InChI=1S/C22H22FNO/c1-15-5-4-6-17(13-15)21-20(25-3)12-9-18(22(21)23)14-16-7-10-19(24-2)11-8-16/h4-13,24H,14H2,1-3H3. The van der Waals surface area contributed by atoms with Gasteiger partial charge < -0.3 is 10.1 Å². The number of rotatable bonds is 5. The first-order valence-corrected chi connectivity index (χ1v) is 8.31. The molecule has 1 N–H and O–H groups in total. The average molecular weight is 335 g/mol. The number of benzene rings is 3. The highest BCUT2D eigenvalue weighted by Crippen LogP contribution is 2.35. The van der Waals surface area contributed by atoms with E-state index in [4.69, 9.17) is 4.74 Å². The summed E-state index contributed by atoms with van der Waals surface area (Å²) < 4.78 is 20.7. The molecule has 0 atom stereocenters. The van der Waals surface area contributed by atoms with Crippen molar-refractivity contribution in [3.05, 3.63) is 83.2 Å². The first-order valence-electron chi connectivity index (χ1n) is 8.31. The third kappa shape index (κ3) is 3.66. The van der Waals surface area contributed by atoms with Gasteiger partial charge in [0.25, 0.3) is 0 Å². The van der Waals surface area contributed by atoms with Gasteiger partial charge in [0.15, 0.2) is 0 Å². The fourth-order valence-corrected chi connectivity index (χ4v) is 2.99. The Morgan fingerprint density at radius 2 is 1.76 bits per heavy atom. The van der Waals surface area contributed by atoms with Gasteiger partial charge in [0.2, 0.25) is 0 Å². The maximum absolute atomic E-state index is 15.3. The molecule has 0 saturated heterocycles. The maximum atomic E-state index is 15.3. The van der Waals surface area contributed by atoms with Crippen LogP contribution >= 0.6 is 0 Å². The van der Waals surface area contributed by atoms with Crippen molar-refractivity contribution in [2.24, 2.45) is 0 Å². The summed E-state index contributed by atoms with van der Waals surface area (Å²) >= 11 is 0. The van der Waals surface area contributed by atoms with Crippen LogP contribution in [0.3, 0.4) is 0 Å². The Balaban J connectivity index is 2.02. The van der Waals surface area contributed by atoms with Crippen LogP contribution in [0.25, 0.3) is 11.1 Å². The molecule has 0 bridgehead atoms. The van der Waals surface area contributed by atoms with E-state index in [1.54, 1.807) is 13.2 Å². The normalized spacial score (nSPS) is 10.6. The summed E-state index contributed by atoms with van der Waals surface area (Å²) in [6.07, 6.45) is 0.540. The zero-order valence-corrected chi connectivity index (χ0v) is 14.8. The van der Waals surface area contributed by atoms with Crippen LogP contribution < -0.4 is 10.1 Å². The largest absolute Gasteiger partial charge is 0.496 e. The molecule has 0 aromatic heterocycles. The van der Waals surface area contributed by atoms with Crippen LogP contribution in [0.5, 0.6) is 5.75 Å². The lowest BCUT2D eigenvalue weighted by atomic mass is 9.96. The number of ether oxygens (including phenoxy) is 1. The molecule has 0 aliphatic carbocycles. The average Bonchev–Trinajstić information content (AvgIpc) is 2.63. The summed E-state index contributed by atoms with van der Waals surface area (Å²) in [5.41, 5.74) is 5.22. The number of hydrogen-bond donors (Lipinski definition) is 1. The number of hydrogen-bond acceptors (Lipinski definition) is 2. The molecule has 0 saturated carbocycles. The van der Waals surface area contributed by atoms with Gasteiger partial charge in [-0.1, -0.05) is 48.0 Å². The number of nitrogens with one attached hydrogen (secondary N) is 1. The molecule has 3 heteroatoms. The van der Waals surface area contributed by atoms with Gasteiger partial charge in [0.05, 0.1) is 12.7 Å². The summed E-state index contributed by atoms with van der Waals surface area (Å²) in [6.45, 7) is 2.00. The predicted molar refractivity (Wildman–Crippen MR) is 102 cm³/mol. The quantitative estimate of drug-likeness (QED) is 0.670. The molecule has 25 heavy (non-hydrogen) atoms. The van der Waals surface area contributed by atoms with Crippen molar-refractivity contribution >= 4 is 5.69 Å². The lowest BCUT2D eigenvalue weighted by Crippen LogP contribution is -1.99. The zero-order chi connectivity index (χ0) is 17.8. The fourth-order valence-electron chi connectivity index (χ4n) is 2.99. The minimum Gasteiger partial charge on any atom is -0.496 e. The number of anilines is 1. The van der Waals surface area contributed by atoms with Gasteiger partial charge >= 0.3 is 0 Å². The molecular weight excluding hydrogens is 313 g/mol.